The van der Waals surface area contributed by atoms with Gasteiger partial charge in [-0.15, -0.1) is 0 Å². The quantitative estimate of drug-likeness (QED) is 0.145. The number of amides is 2. The van der Waals surface area contributed by atoms with Crippen LogP contribution in [0, 0.1) is 23.7 Å². The molecule has 0 spiro atoms. The summed E-state index contributed by atoms with van der Waals surface area (Å²) in [6.45, 7) is 4.62. The summed E-state index contributed by atoms with van der Waals surface area (Å²) in [7, 11) is 0. The second kappa shape index (κ2) is 18.8. The first-order chi connectivity index (χ1) is 23.6. The van der Waals surface area contributed by atoms with E-state index in [2.05, 4.69) is 5.32 Å². The minimum atomic E-state index is -3.37. The Morgan fingerprint density at radius 2 is 1.64 bits per heavy atom. The van der Waals surface area contributed by atoms with Crippen LogP contribution in [0.5, 0.6) is 0 Å². The van der Waals surface area contributed by atoms with Crippen LogP contribution in [-0.2, 0) is 38.3 Å². The Morgan fingerprint density at radius 3 is 2.24 bits per heavy atom. The number of ether oxygens (including phenoxy) is 1. The molecule has 2 aliphatic rings. The first kappa shape index (κ1) is 40.4. The normalized spacial score (nSPS) is 19.3. The van der Waals surface area contributed by atoms with Crippen molar-refractivity contribution in [2.24, 2.45) is 23.7 Å². The molecule has 0 aromatic heterocycles. The maximum atomic E-state index is 14.9. The molecule has 1 heterocycles. The molecule has 2 N–H and O–H groups in total. The van der Waals surface area contributed by atoms with Crippen LogP contribution in [0.2, 0.25) is 0 Å². The number of nitrogens with one attached hydrogen (secondary N) is 1. The van der Waals surface area contributed by atoms with Gasteiger partial charge in [-0.1, -0.05) is 76.8 Å². The molecule has 50 heavy (non-hydrogen) atoms. The van der Waals surface area contributed by atoms with Crippen molar-refractivity contribution in [2.75, 3.05) is 13.2 Å². The molecular formula is C37H50F2N2O9. The molecule has 276 valence electrons. The molecule has 4 atom stereocenters. The van der Waals surface area contributed by atoms with E-state index in [1.54, 1.807) is 25.1 Å². The summed E-state index contributed by atoms with van der Waals surface area (Å²) in [6, 6.07) is 5.04. The van der Waals surface area contributed by atoms with Gasteiger partial charge in [0.2, 0.25) is 17.6 Å². The Bertz CT molecular complexity index is 1380. The molecule has 2 unspecified atom stereocenters. The van der Waals surface area contributed by atoms with Crippen molar-refractivity contribution in [1.82, 2.24) is 10.2 Å². The largest absolute Gasteiger partial charge is 0.479 e. The van der Waals surface area contributed by atoms with Gasteiger partial charge >= 0.3 is 11.9 Å². The zero-order valence-electron chi connectivity index (χ0n) is 29.2. The number of hydrogen-bond donors (Lipinski definition) is 2. The lowest BCUT2D eigenvalue weighted by Gasteiger charge is -2.34. The molecule has 11 nitrogen and oxygen atoms in total. The average Bonchev–Trinajstić information content (AvgIpc) is 3.42. The number of halogens is 2. The molecular weight excluding hydrogens is 654 g/mol. The minimum Gasteiger partial charge on any atom is -0.479 e. The average molecular weight is 705 g/mol. The fraction of sp³-hybridized carbons (Fsp3) is 0.649. The number of likely N-dealkylation sites (tertiary alicyclic amines) is 1. The minimum absolute atomic E-state index is 0.0637. The van der Waals surface area contributed by atoms with Crippen molar-refractivity contribution in [3.05, 3.63) is 35.9 Å². The molecule has 3 rings (SSSR count). The van der Waals surface area contributed by atoms with Gasteiger partial charge in [0.1, 0.15) is 0 Å². The van der Waals surface area contributed by atoms with Gasteiger partial charge in [0.15, 0.2) is 17.6 Å². The van der Waals surface area contributed by atoms with Gasteiger partial charge in [0, 0.05) is 31.6 Å². The molecule has 0 bridgehead atoms. The molecule has 1 aromatic carbocycles. The van der Waals surface area contributed by atoms with Crippen LogP contribution in [0.15, 0.2) is 30.3 Å². The van der Waals surface area contributed by atoms with Gasteiger partial charge in [-0.05, 0) is 36.7 Å². The molecule has 1 aliphatic carbocycles. The van der Waals surface area contributed by atoms with Crippen LogP contribution in [0.3, 0.4) is 0 Å². The summed E-state index contributed by atoms with van der Waals surface area (Å²) in [5, 5.41) is 11.9. The predicted octanol–water partition coefficient (Wildman–Crippen LogP) is 5.24. The molecule has 13 heteroatoms. The lowest BCUT2D eigenvalue weighted by Crippen LogP contribution is -2.47. The monoisotopic (exact) mass is 704 g/mol. The Hall–Kier alpha value is -4.03. The van der Waals surface area contributed by atoms with E-state index in [1.807, 2.05) is 13.8 Å². The van der Waals surface area contributed by atoms with Crippen LogP contribution in [0.25, 0.3) is 0 Å². The van der Waals surface area contributed by atoms with E-state index in [1.165, 1.54) is 12.1 Å². The summed E-state index contributed by atoms with van der Waals surface area (Å²) in [6.07, 6.45) is 1.63. The highest BCUT2D eigenvalue weighted by Gasteiger charge is 2.52. The molecule has 1 aliphatic heterocycles. The third-order valence-electron chi connectivity index (χ3n) is 9.42. The van der Waals surface area contributed by atoms with Crippen molar-refractivity contribution in [1.29, 1.82) is 0 Å². The third kappa shape index (κ3) is 11.8. The number of carbonyl (C=O) groups is 7. The third-order valence-corrected chi connectivity index (χ3v) is 9.42. The number of carbonyl (C=O) groups excluding carboxylic acids is 6. The number of esters is 1. The van der Waals surface area contributed by atoms with Crippen LogP contribution in [0.1, 0.15) is 109 Å². The van der Waals surface area contributed by atoms with Gasteiger partial charge in [0.25, 0.3) is 5.92 Å². The van der Waals surface area contributed by atoms with E-state index >= 15 is 0 Å². The summed E-state index contributed by atoms with van der Waals surface area (Å²) in [5.74, 6) is -11.6. The fourth-order valence-electron chi connectivity index (χ4n) is 6.84. The van der Waals surface area contributed by atoms with E-state index < -0.39 is 103 Å². The van der Waals surface area contributed by atoms with Gasteiger partial charge < -0.3 is 20.1 Å². The number of carboxylic acid groups (broad SMARTS) is 1. The number of Topliss-reactive ketones (excluding diaryl/α,β-unsaturated/α-hetero) is 3. The smallest absolute Gasteiger partial charge is 0.330 e. The van der Waals surface area contributed by atoms with E-state index in [-0.39, 0.29) is 31.3 Å². The van der Waals surface area contributed by atoms with Crippen LogP contribution < -0.4 is 5.32 Å². The lowest BCUT2D eigenvalue weighted by molar-refractivity contribution is -0.153. The Labute approximate surface area is 291 Å². The highest BCUT2D eigenvalue weighted by Crippen LogP contribution is 2.39. The fourth-order valence-corrected chi connectivity index (χ4v) is 6.84. The maximum absolute atomic E-state index is 14.9. The second-order valence-electron chi connectivity index (χ2n) is 14.0. The Kier molecular flexibility index (Phi) is 15.2. The number of aliphatic carboxylic acids is 1. The standard InChI is InChI=1S/C37H50F2N2O9/c1-4-11-26(34(46)29(42)16-17-31(44)40-33(36(48)49)25-14-9-6-10-15-25)18-30(43)28-20-37(38,39)22-41(28)35(47)27(24-12-7-5-8-13-24)19-32(45)50-21-23(2)3/h6,9-10,14-15,23-24,26-28,33H,4-5,7-8,11-13,16-22H2,1-3H3,(H,40,44)(H,48,49)/t26?,27-,28-,33?/m0/s1. The van der Waals surface area contributed by atoms with E-state index in [4.69, 9.17) is 4.74 Å². The first-order valence-electron chi connectivity index (χ1n) is 17.6. The number of benzene rings is 1. The van der Waals surface area contributed by atoms with Gasteiger partial charge in [-0.2, -0.15) is 0 Å². The highest BCUT2D eigenvalue weighted by atomic mass is 19.3. The maximum Gasteiger partial charge on any atom is 0.330 e. The molecule has 1 saturated carbocycles. The number of rotatable bonds is 19. The summed E-state index contributed by atoms with van der Waals surface area (Å²) in [4.78, 5) is 91.6. The van der Waals surface area contributed by atoms with Crippen molar-refractivity contribution >= 4 is 41.1 Å². The molecule has 1 aromatic rings. The zero-order chi connectivity index (χ0) is 37.0. The number of ketones is 3. The number of carboxylic acids is 1. The van der Waals surface area contributed by atoms with E-state index in [9.17, 15) is 47.4 Å². The molecule has 0 radical (unpaired) electrons. The van der Waals surface area contributed by atoms with Crippen LogP contribution in [0.4, 0.5) is 8.78 Å². The molecule has 1 saturated heterocycles. The van der Waals surface area contributed by atoms with Gasteiger partial charge in [0.05, 0.1) is 31.5 Å². The zero-order valence-corrected chi connectivity index (χ0v) is 29.2. The van der Waals surface area contributed by atoms with E-state index in [0.717, 1.165) is 24.2 Å². The summed E-state index contributed by atoms with van der Waals surface area (Å²) in [5.41, 5.74) is 0.318. The van der Waals surface area contributed by atoms with Gasteiger partial charge in [-0.25, -0.2) is 13.6 Å². The second-order valence-corrected chi connectivity index (χ2v) is 14.0. The lowest BCUT2D eigenvalue weighted by atomic mass is 9.77. The highest BCUT2D eigenvalue weighted by molar-refractivity contribution is 6.38. The Morgan fingerprint density at radius 1 is 0.980 bits per heavy atom. The van der Waals surface area contributed by atoms with Crippen molar-refractivity contribution in [3.8, 4) is 0 Å². The predicted molar refractivity (Wildman–Crippen MR) is 178 cm³/mol. The summed E-state index contributed by atoms with van der Waals surface area (Å²) < 4.78 is 35.1. The first-order valence-corrected chi connectivity index (χ1v) is 17.6. The van der Waals surface area contributed by atoms with E-state index in [0.29, 0.717) is 24.8 Å². The van der Waals surface area contributed by atoms with Crippen molar-refractivity contribution in [3.63, 3.8) is 0 Å². The molecule has 2 amide bonds. The number of hydrogen-bond acceptors (Lipinski definition) is 8. The van der Waals surface area contributed by atoms with Crippen molar-refractivity contribution < 1.29 is 52.2 Å². The summed E-state index contributed by atoms with van der Waals surface area (Å²) >= 11 is 0. The SMILES string of the molecule is CCCC(CC(=O)[C@@H]1CC(F)(F)CN1C(=O)[C@@H](CC(=O)OCC(C)C)C1CCCCC1)C(=O)C(=O)CCC(=O)NC(C(=O)O)c1ccccc1. The van der Waals surface area contributed by atoms with Crippen LogP contribution in [-0.4, -0.2) is 76.2 Å². The topological polar surface area (TPSA) is 164 Å². The van der Waals surface area contributed by atoms with Crippen LogP contribution >= 0.6 is 0 Å². The Balaban J connectivity index is 1.70. The van der Waals surface area contributed by atoms with Gasteiger partial charge in [-0.3, -0.25) is 28.8 Å². The van der Waals surface area contributed by atoms with Crippen molar-refractivity contribution in [2.45, 2.75) is 116 Å². The number of nitrogens with zero attached hydrogens (tertiary/aromatic N) is 1. The molecule has 2 fully saturated rings. The number of alkyl halides is 2.